The van der Waals surface area contributed by atoms with Gasteiger partial charge in [0, 0.05) is 44.2 Å². The second-order valence-corrected chi connectivity index (χ2v) is 7.21. The van der Waals surface area contributed by atoms with E-state index in [4.69, 9.17) is 4.42 Å². The van der Waals surface area contributed by atoms with Crippen LogP contribution in [0.2, 0.25) is 0 Å². The summed E-state index contributed by atoms with van der Waals surface area (Å²) in [4.78, 5) is 16.8. The van der Waals surface area contributed by atoms with E-state index in [-0.39, 0.29) is 5.91 Å². The van der Waals surface area contributed by atoms with E-state index < -0.39 is 0 Å². The average Bonchev–Trinajstić information content (AvgIpc) is 2.99. The molecule has 1 aliphatic rings. The fourth-order valence-corrected chi connectivity index (χ4v) is 3.96. The van der Waals surface area contributed by atoms with Gasteiger partial charge in [-0.25, -0.2) is 0 Å². The maximum atomic E-state index is 12.8. The minimum Gasteiger partial charge on any atom is -0.468 e. The van der Waals surface area contributed by atoms with Gasteiger partial charge in [-0.1, -0.05) is 6.07 Å². The SMILES string of the molecule is CN(C)c1cccc(C(=O)N2CCSC(c3ccco3)CC2)c1. The van der Waals surface area contributed by atoms with Gasteiger partial charge >= 0.3 is 0 Å². The minimum atomic E-state index is 0.120. The van der Waals surface area contributed by atoms with Crippen LogP contribution < -0.4 is 4.90 Å². The highest BCUT2D eigenvalue weighted by Crippen LogP contribution is 2.34. The van der Waals surface area contributed by atoms with Gasteiger partial charge in [0.1, 0.15) is 5.76 Å². The standard InChI is InChI=1S/C18H22N2O2S/c1-19(2)15-6-3-5-14(13-15)18(21)20-9-8-17(23-12-10-20)16-7-4-11-22-16/h3-7,11,13,17H,8-10,12H2,1-2H3. The number of nitrogens with zero attached hydrogens (tertiary/aromatic N) is 2. The van der Waals surface area contributed by atoms with Crippen LogP contribution in [0.4, 0.5) is 5.69 Å². The zero-order chi connectivity index (χ0) is 16.2. The van der Waals surface area contributed by atoms with E-state index in [2.05, 4.69) is 0 Å². The van der Waals surface area contributed by atoms with E-state index in [0.29, 0.717) is 5.25 Å². The Kier molecular flexibility index (Phi) is 4.96. The lowest BCUT2D eigenvalue weighted by molar-refractivity contribution is 0.0766. The molecule has 1 fully saturated rings. The van der Waals surface area contributed by atoms with Crippen molar-refractivity contribution in [2.24, 2.45) is 0 Å². The maximum absolute atomic E-state index is 12.8. The fourth-order valence-electron chi connectivity index (χ4n) is 2.78. The number of amides is 1. The number of benzene rings is 1. The highest BCUT2D eigenvalue weighted by molar-refractivity contribution is 7.99. The van der Waals surface area contributed by atoms with Crippen molar-refractivity contribution in [1.82, 2.24) is 4.90 Å². The Hall–Kier alpha value is -1.88. The van der Waals surface area contributed by atoms with Crippen molar-refractivity contribution >= 4 is 23.4 Å². The molecule has 3 rings (SSSR count). The smallest absolute Gasteiger partial charge is 0.253 e. The van der Waals surface area contributed by atoms with Gasteiger partial charge in [0.25, 0.3) is 5.91 Å². The molecule has 1 atom stereocenters. The van der Waals surface area contributed by atoms with Gasteiger partial charge in [-0.3, -0.25) is 4.79 Å². The Labute approximate surface area is 141 Å². The third-order valence-corrected chi connectivity index (χ3v) is 5.39. The molecule has 2 heterocycles. The van der Waals surface area contributed by atoms with Crippen molar-refractivity contribution in [2.45, 2.75) is 11.7 Å². The molecule has 1 aromatic carbocycles. The van der Waals surface area contributed by atoms with Crippen LogP contribution in [0.25, 0.3) is 0 Å². The lowest BCUT2D eigenvalue weighted by Crippen LogP contribution is -2.33. The summed E-state index contributed by atoms with van der Waals surface area (Å²) in [6, 6.07) is 11.8. The van der Waals surface area contributed by atoms with E-state index in [0.717, 1.165) is 42.3 Å². The predicted molar refractivity (Wildman–Crippen MR) is 95.2 cm³/mol. The summed E-state index contributed by atoms with van der Waals surface area (Å²) in [6.45, 7) is 1.55. The van der Waals surface area contributed by atoms with Crippen molar-refractivity contribution in [1.29, 1.82) is 0 Å². The highest BCUT2D eigenvalue weighted by atomic mass is 32.2. The number of rotatable bonds is 3. The molecule has 1 amide bonds. The van der Waals surface area contributed by atoms with Gasteiger partial charge < -0.3 is 14.2 Å². The Bertz CT molecular complexity index is 655. The number of carbonyl (C=O) groups excluding carboxylic acids is 1. The molecule has 4 nitrogen and oxygen atoms in total. The molecule has 0 aliphatic carbocycles. The summed E-state index contributed by atoms with van der Waals surface area (Å²) in [5.41, 5.74) is 1.81. The molecule has 0 spiro atoms. The zero-order valence-electron chi connectivity index (χ0n) is 13.6. The number of hydrogen-bond donors (Lipinski definition) is 0. The Morgan fingerprint density at radius 2 is 2.13 bits per heavy atom. The molecule has 5 heteroatoms. The number of anilines is 1. The summed E-state index contributed by atoms with van der Waals surface area (Å²) in [7, 11) is 3.97. The van der Waals surface area contributed by atoms with Gasteiger partial charge in [-0.05, 0) is 36.8 Å². The van der Waals surface area contributed by atoms with Crippen LogP contribution >= 0.6 is 11.8 Å². The molecule has 1 unspecified atom stereocenters. The number of thioether (sulfide) groups is 1. The van der Waals surface area contributed by atoms with Crippen LogP contribution in [0.15, 0.2) is 47.1 Å². The molecule has 0 N–H and O–H groups in total. The summed E-state index contributed by atoms with van der Waals surface area (Å²) >= 11 is 1.87. The molecule has 2 aromatic rings. The molecule has 1 saturated heterocycles. The Morgan fingerprint density at radius 3 is 2.87 bits per heavy atom. The predicted octanol–water partition coefficient (Wildman–Crippen LogP) is 3.67. The quantitative estimate of drug-likeness (QED) is 0.860. The van der Waals surface area contributed by atoms with E-state index in [1.807, 2.05) is 72.1 Å². The van der Waals surface area contributed by atoms with Crippen LogP contribution in [0.5, 0.6) is 0 Å². The second kappa shape index (κ2) is 7.13. The van der Waals surface area contributed by atoms with Crippen molar-refractivity contribution < 1.29 is 9.21 Å². The molecular formula is C18H22N2O2S. The molecular weight excluding hydrogens is 308 g/mol. The molecule has 0 bridgehead atoms. The van der Waals surface area contributed by atoms with E-state index in [1.54, 1.807) is 6.26 Å². The fraction of sp³-hybridized carbons (Fsp3) is 0.389. The summed E-state index contributed by atoms with van der Waals surface area (Å²) < 4.78 is 5.52. The molecule has 0 radical (unpaired) electrons. The monoisotopic (exact) mass is 330 g/mol. The third kappa shape index (κ3) is 3.72. The van der Waals surface area contributed by atoms with Gasteiger partial charge in [0.15, 0.2) is 0 Å². The number of hydrogen-bond acceptors (Lipinski definition) is 4. The van der Waals surface area contributed by atoms with E-state index >= 15 is 0 Å². The first kappa shape index (κ1) is 16.0. The van der Waals surface area contributed by atoms with Crippen LogP contribution in [-0.4, -0.2) is 43.7 Å². The Morgan fingerprint density at radius 1 is 1.26 bits per heavy atom. The molecule has 1 aromatic heterocycles. The topological polar surface area (TPSA) is 36.7 Å². The Balaban J connectivity index is 1.69. The summed E-state index contributed by atoms with van der Waals surface area (Å²) in [6.07, 6.45) is 2.65. The molecule has 122 valence electrons. The molecule has 1 aliphatic heterocycles. The van der Waals surface area contributed by atoms with Gasteiger partial charge in [0.05, 0.1) is 11.5 Å². The second-order valence-electron chi connectivity index (χ2n) is 5.90. The number of furan rings is 1. The van der Waals surface area contributed by atoms with Crippen molar-refractivity contribution in [3.05, 3.63) is 54.0 Å². The summed E-state index contributed by atoms with van der Waals surface area (Å²) in [5.74, 6) is 2.07. The third-order valence-electron chi connectivity index (χ3n) is 4.10. The zero-order valence-corrected chi connectivity index (χ0v) is 14.4. The normalized spacial score (nSPS) is 18.5. The van der Waals surface area contributed by atoms with Gasteiger partial charge in [-0.2, -0.15) is 0 Å². The van der Waals surface area contributed by atoms with Gasteiger partial charge in [-0.15, -0.1) is 11.8 Å². The van der Waals surface area contributed by atoms with E-state index in [1.165, 1.54) is 0 Å². The molecule has 0 saturated carbocycles. The van der Waals surface area contributed by atoms with Crippen molar-refractivity contribution in [3.8, 4) is 0 Å². The van der Waals surface area contributed by atoms with Crippen LogP contribution in [-0.2, 0) is 0 Å². The average molecular weight is 330 g/mol. The first-order valence-electron chi connectivity index (χ1n) is 7.87. The lowest BCUT2D eigenvalue weighted by atomic mass is 10.1. The number of carbonyl (C=O) groups is 1. The maximum Gasteiger partial charge on any atom is 0.253 e. The lowest BCUT2D eigenvalue weighted by Gasteiger charge is -2.21. The van der Waals surface area contributed by atoms with E-state index in [9.17, 15) is 4.79 Å². The highest BCUT2D eigenvalue weighted by Gasteiger charge is 2.24. The van der Waals surface area contributed by atoms with Crippen LogP contribution in [0.1, 0.15) is 27.8 Å². The van der Waals surface area contributed by atoms with Crippen LogP contribution in [0.3, 0.4) is 0 Å². The minimum absolute atomic E-state index is 0.120. The first-order valence-corrected chi connectivity index (χ1v) is 8.91. The first-order chi connectivity index (χ1) is 11.1. The van der Waals surface area contributed by atoms with Crippen molar-refractivity contribution in [3.63, 3.8) is 0 Å². The summed E-state index contributed by atoms with van der Waals surface area (Å²) in [5, 5.41) is 0.343. The van der Waals surface area contributed by atoms with Crippen molar-refractivity contribution in [2.75, 3.05) is 37.8 Å². The molecule has 23 heavy (non-hydrogen) atoms. The largest absolute Gasteiger partial charge is 0.468 e. The van der Waals surface area contributed by atoms with Gasteiger partial charge in [0.2, 0.25) is 0 Å². The van der Waals surface area contributed by atoms with Crippen LogP contribution in [0, 0.1) is 0 Å².